The Bertz CT molecular complexity index is 420. The van der Waals surface area contributed by atoms with Gasteiger partial charge in [-0.1, -0.05) is 58.3 Å². The number of aliphatic hydroxyl groups excluding tert-OH is 1. The first-order valence-electron chi connectivity index (χ1n) is 11.0. The Morgan fingerprint density at radius 3 is 2.00 bits per heavy atom. The molecule has 2 atom stereocenters. The monoisotopic (exact) mass is 401 g/mol. The van der Waals surface area contributed by atoms with Crippen LogP contribution in [0, 0.1) is 0 Å². The number of quaternary nitrogens is 1. The summed E-state index contributed by atoms with van der Waals surface area (Å²) >= 11 is 0. The first-order chi connectivity index (χ1) is 13.1. The zero-order valence-electron chi connectivity index (χ0n) is 18.6. The van der Waals surface area contributed by atoms with E-state index in [0.29, 0.717) is 23.9 Å². The molecule has 166 valence electrons. The highest BCUT2D eigenvalue weighted by molar-refractivity contribution is 5.70. The molecule has 0 heterocycles. The number of rotatable bonds is 18. The molecule has 0 amide bonds. The van der Waals surface area contributed by atoms with Gasteiger partial charge in [-0.25, -0.2) is 0 Å². The van der Waals surface area contributed by atoms with Crippen LogP contribution in [-0.2, 0) is 14.3 Å². The Morgan fingerprint density at radius 1 is 0.929 bits per heavy atom. The summed E-state index contributed by atoms with van der Waals surface area (Å²) in [6.07, 6.45) is 10.6. The number of hydrogen-bond donors (Lipinski definition) is 1. The summed E-state index contributed by atoms with van der Waals surface area (Å²) in [6.45, 7) is 2.64. The maximum Gasteiger partial charge on any atom is 0.306 e. The van der Waals surface area contributed by atoms with Crippen LogP contribution in [0.4, 0.5) is 0 Å². The number of carboxylic acids is 1. The molecule has 0 rings (SSSR count). The number of ether oxygens (including phenoxy) is 1. The van der Waals surface area contributed by atoms with E-state index in [-0.39, 0.29) is 24.9 Å². The second-order valence-electron chi connectivity index (χ2n) is 8.97. The van der Waals surface area contributed by atoms with E-state index in [1.807, 2.05) is 21.1 Å². The summed E-state index contributed by atoms with van der Waals surface area (Å²) in [5, 5.41) is 20.9. The average molecular weight is 402 g/mol. The SMILES string of the molecule is CCCCCCCCCC(O)CCCCC(=O)OC(CC(=O)[O-])C[N+](C)(C)C. The van der Waals surface area contributed by atoms with Gasteiger partial charge in [-0.3, -0.25) is 4.79 Å². The van der Waals surface area contributed by atoms with Crippen LogP contribution in [0.5, 0.6) is 0 Å². The maximum atomic E-state index is 12.0. The highest BCUT2D eigenvalue weighted by Crippen LogP contribution is 2.14. The van der Waals surface area contributed by atoms with Crippen molar-refractivity contribution < 1.29 is 29.0 Å². The summed E-state index contributed by atoms with van der Waals surface area (Å²) in [5.41, 5.74) is 0. The predicted octanol–water partition coefficient (Wildman–Crippen LogP) is 2.81. The van der Waals surface area contributed by atoms with Crippen LogP contribution in [0.1, 0.15) is 90.4 Å². The topological polar surface area (TPSA) is 86.7 Å². The first-order valence-corrected chi connectivity index (χ1v) is 11.0. The van der Waals surface area contributed by atoms with Crippen LogP contribution < -0.4 is 5.11 Å². The van der Waals surface area contributed by atoms with E-state index in [4.69, 9.17) is 4.74 Å². The molecule has 0 radical (unpaired) electrons. The number of esters is 1. The van der Waals surface area contributed by atoms with Crippen molar-refractivity contribution in [2.45, 2.75) is 103 Å². The number of aliphatic carboxylic acids is 1. The summed E-state index contributed by atoms with van der Waals surface area (Å²) in [7, 11) is 5.76. The van der Waals surface area contributed by atoms with Crippen molar-refractivity contribution in [1.82, 2.24) is 0 Å². The van der Waals surface area contributed by atoms with Gasteiger partial charge in [0.05, 0.1) is 27.2 Å². The van der Waals surface area contributed by atoms with E-state index >= 15 is 0 Å². The molecule has 0 aliphatic heterocycles. The first kappa shape index (κ1) is 26.9. The van der Waals surface area contributed by atoms with Crippen LogP contribution in [-0.4, -0.2) is 61.4 Å². The van der Waals surface area contributed by atoms with Crippen molar-refractivity contribution >= 4 is 11.9 Å². The fourth-order valence-corrected chi connectivity index (χ4v) is 3.32. The standard InChI is InChI=1S/C22H43NO5/c1-5-6-7-8-9-10-11-14-19(24)15-12-13-16-22(27)28-20(17-21(25)26)18-23(2,3)4/h19-20,24H,5-18H2,1-4H3. The lowest BCUT2D eigenvalue weighted by Gasteiger charge is -2.29. The van der Waals surface area contributed by atoms with Crippen LogP contribution in [0.3, 0.4) is 0 Å². The molecule has 0 aliphatic rings. The fourth-order valence-electron chi connectivity index (χ4n) is 3.32. The van der Waals surface area contributed by atoms with Crippen molar-refractivity contribution in [3.05, 3.63) is 0 Å². The summed E-state index contributed by atoms with van der Waals surface area (Å²) < 4.78 is 5.84. The van der Waals surface area contributed by atoms with Gasteiger partial charge in [0.15, 0.2) is 6.10 Å². The Kier molecular flexibility index (Phi) is 15.1. The number of carbonyl (C=O) groups is 2. The molecule has 0 aliphatic carbocycles. The number of nitrogens with zero attached hydrogens (tertiary/aromatic N) is 1. The van der Waals surface area contributed by atoms with Gasteiger partial charge in [0.1, 0.15) is 6.54 Å². The van der Waals surface area contributed by atoms with E-state index in [1.54, 1.807) is 0 Å². The summed E-state index contributed by atoms with van der Waals surface area (Å²) in [6, 6.07) is 0. The number of hydrogen-bond acceptors (Lipinski definition) is 5. The van der Waals surface area contributed by atoms with Gasteiger partial charge in [0, 0.05) is 18.8 Å². The Hall–Kier alpha value is -1.14. The summed E-state index contributed by atoms with van der Waals surface area (Å²) in [5.74, 6) is -1.58. The molecule has 6 heteroatoms. The number of unbranched alkanes of at least 4 members (excludes halogenated alkanes) is 7. The number of likely N-dealkylation sites (N-methyl/N-ethyl adjacent to an activating group) is 1. The van der Waals surface area contributed by atoms with Crippen LogP contribution in [0.2, 0.25) is 0 Å². The minimum Gasteiger partial charge on any atom is -0.550 e. The quantitative estimate of drug-likeness (QED) is 0.217. The molecule has 2 unspecified atom stereocenters. The van der Waals surface area contributed by atoms with Gasteiger partial charge < -0.3 is 24.2 Å². The highest BCUT2D eigenvalue weighted by Gasteiger charge is 2.22. The molecule has 6 nitrogen and oxygen atoms in total. The van der Waals surface area contributed by atoms with E-state index in [9.17, 15) is 19.8 Å². The second kappa shape index (κ2) is 15.7. The van der Waals surface area contributed by atoms with Gasteiger partial charge in [-0.15, -0.1) is 0 Å². The summed E-state index contributed by atoms with van der Waals surface area (Å²) in [4.78, 5) is 22.8. The predicted molar refractivity (Wildman–Crippen MR) is 109 cm³/mol. The van der Waals surface area contributed by atoms with E-state index < -0.39 is 12.1 Å². The van der Waals surface area contributed by atoms with Crippen molar-refractivity contribution in [3.63, 3.8) is 0 Å². The molecule has 0 bridgehead atoms. The fraction of sp³-hybridized carbons (Fsp3) is 0.909. The zero-order valence-corrected chi connectivity index (χ0v) is 18.6. The molecule has 28 heavy (non-hydrogen) atoms. The lowest BCUT2D eigenvalue weighted by atomic mass is 10.0. The lowest BCUT2D eigenvalue weighted by molar-refractivity contribution is -0.873. The smallest absolute Gasteiger partial charge is 0.306 e. The number of carboxylic acid groups (broad SMARTS) is 1. The van der Waals surface area contributed by atoms with Gasteiger partial charge in [-0.05, 0) is 19.3 Å². The molecule has 0 aromatic rings. The molecule has 0 fully saturated rings. The third-order valence-electron chi connectivity index (χ3n) is 4.75. The van der Waals surface area contributed by atoms with E-state index in [2.05, 4.69) is 6.92 Å². The molecule has 0 spiro atoms. The van der Waals surface area contributed by atoms with E-state index in [1.165, 1.54) is 38.5 Å². The van der Waals surface area contributed by atoms with Crippen LogP contribution in [0.15, 0.2) is 0 Å². The zero-order chi connectivity index (χ0) is 21.4. The molecule has 1 N–H and O–H groups in total. The molecular formula is C22H43NO5. The minimum atomic E-state index is -1.21. The highest BCUT2D eigenvalue weighted by atomic mass is 16.5. The van der Waals surface area contributed by atoms with Crippen molar-refractivity contribution in [2.75, 3.05) is 27.7 Å². The molecule has 0 aromatic heterocycles. The van der Waals surface area contributed by atoms with E-state index in [0.717, 1.165) is 19.3 Å². The largest absolute Gasteiger partial charge is 0.550 e. The van der Waals surface area contributed by atoms with Gasteiger partial charge in [0.25, 0.3) is 0 Å². The third-order valence-corrected chi connectivity index (χ3v) is 4.75. The number of carbonyl (C=O) groups excluding carboxylic acids is 2. The molecule has 0 aromatic carbocycles. The number of aliphatic hydroxyl groups is 1. The average Bonchev–Trinajstić information content (AvgIpc) is 2.55. The van der Waals surface area contributed by atoms with Gasteiger partial charge in [-0.2, -0.15) is 0 Å². The second-order valence-corrected chi connectivity index (χ2v) is 8.97. The van der Waals surface area contributed by atoms with Crippen LogP contribution >= 0.6 is 0 Å². The minimum absolute atomic E-state index is 0.255. The molecule has 0 saturated carbocycles. The lowest BCUT2D eigenvalue weighted by Crippen LogP contribution is -2.45. The van der Waals surface area contributed by atoms with Crippen molar-refractivity contribution in [2.24, 2.45) is 0 Å². The van der Waals surface area contributed by atoms with Crippen molar-refractivity contribution in [3.8, 4) is 0 Å². The van der Waals surface area contributed by atoms with Crippen molar-refractivity contribution in [1.29, 1.82) is 0 Å². The van der Waals surface area contributed by atoms with Gasteiger partial charge in [0.2, 0.25) is 0 Å². The van der Waals surface area contributed by atoms with Gasteiger partial charge >= 0.3 is 5.97 Å². The Labute approximate surface area is 171 Å². The Balaban J connectivity index is 3.84. The maximum absolute atomic E-state index is 12.0. The molecular weight excluding hydrogens is 358 g/mol. The Morgan fingerprint density at radius 2 is 1.46 bits per heavy atom. The molecule has 0 saturated heterocycles. The normalized spacial score (nSPS) is 13.9. The van der Waals surface area contributed by atoms with Crippen LogP contribution in [0.25, 0.3) is 0 Å². The third kappa shape index (κ3) is 18.2.